The smallest absolute Gasteiger partial charge is 0.340 e. The molecule has 2 aromatic rings. The fourth-order valence-electron chi connectivity index (χ4n) is 2.74. The average Bonchev–Trinajstić information content (AvgIpc) is 2.90. The first-order chi connectivity index (χ1) is 12.7. The third kappa shape index (κ3) is 3.77. The molecule has 0 amide bonds. The lowest BCUT2D eigenvalue weighted by atomic mass is 10.0. The van der Waals surface area contributed by atoms with Gasteiger partial charge in [-0.25, -0.2) is 4.79 Å². The van der Waals surface area contributed by atoms with Crippen molar-refractivity contribution in [1.29, 1.82) is 5.26 Å². The van der Waals surface area contributed by atoms with Crippen LogP contribution in [0.3, 0.4) is 0 Å². The minimum Gasteiger partial charge on any atom is -0.462 e. The Balaban J connectivity index is 2.52. The highest BCUT2D eigenvalue weighted by Gasteiger charge is 2.26. The highest BCUT2D eigenvalue weighted by molar-refractivity contribution is 6.08. The molecule has 0 aliphatic heterocycles. The average molecular weight is 372 g/mol. The van der Waals surface area contributed by atoms with Crippen molar-refractivity contribution in [1.82, 2.24) is 9.55 Å². The number of ketones is 1. The summed E-state index contributed by atoms with van der Waals surface area (Å²) in [5.74, 6) is -1.31. The largest absolute Gasteiger partial charge is 0.462 e. The van der Waals surface area contributed by atoms with Crippen LogP contribution in [0.2, 0.25) is 0 Å². The Labute approximate surface area is 153 Å². The maximum atomic E-state index is 12.8. The zero-order valence-corrected chi connectivity index (χ0v) is 14.9. The van der Waals surface area contributed by atoms with Gasteiger partial charge in [0.25, 0.3) is 11.2 Å². The van der Waals surface area contributed by atoms with Crippen molar-refractivity contribution < 1.29 is 19.2 Å². The van der Waals surface area contributed by atoms with Crippen LogP contribution in [0.15, 0.2) is 17.1 Å². The number of carbonyl (C=O) groups is 2. The molecule has 0 bridgehead atoms. The van der Waals surface area contributed by atoms with Gasteiger partial charge < -0.3 is 9.72 Å². The Kier molecular flexibility index (Phi) is 5.55. The molecule has 0 fully saturated rings. The number of aromatic amines is 1. The van der Waals surface area contributed by atoms with Crippen molar-refractivity contribution in [3.63, 3.8) is 0 Å². The minimum atomic E-state index is -0.834. The van der Waals surface area contributed by atoms with Crippen LogP contribution in [0.4, 0.5) is 5.69 Å². The SMILES string of the molecule is CCOC(=O)c1c(C)[nH]c(C)c1C(=O)Cn1cc([N+](=O)[O-])cc(C#N)c1=O. The number of nitro groups is 1. The van der Waals surface area contributed by atoms with Gasteiger partial charge in [-0.2, -0.15) is 5.26 Å². The van der Waals surface area contributed by atoms with Crippen LogP contribution in [0.5, 0.6) is 0 Å². The number of Topliss-reactive ketones (excluding diaryl/α,β-unsaturated/α-hetero) is 1. The summed E-state index contributed by atoms with van der Waals surface area (Å²) >= 11 is 0. The molecular formula is C17H16N4O6. The zero-order chi connectivity index (χ0) is 20.3. The molecule has 0 aliphatic carbocycles. The summed E-state index contributed by atoms with van der Waals surface area (Å²) in [5, 5.41) is 20.0. The number of aromatic nitrogens is 2. The van der Waals surface area contributed by atoms with Gasteiger partial charge in [0.05, 0.1) is 35.4 Å². The van der Waals surface area contributed by atoms with E-state index in [9.17, 15) is 24.5 Å². The van der Waals surface area contributed by atoms with Gasteiger partial charge in [-0.05, 0) is 20.8 Å². The first kappa shape index (κ1) is 19.6. The van der Waals surface area contributed by atoms with Crippen LogP contribution in [-0.2, 0) is 11.3 Å². The second-order valence-corrected chi connectivity index (χ2v) is 5.68. The molecule has 2 aromatic heterocycles. The fraction of sp³-hybridized carbons (Fsp3) is 0.294. The van der Waals surface area contributed by atoms with Crippen molar-refractivity contribution in [2.75, 3.05) is 6.61 Å². The Morgan fingerprint density at radius 1 is 1.33 bits per heavy atom. The Hall–Kier alpha value is -3.74. The summed E-state index contributed by atoms with van der Waals surface area (Å²) in [6, 6.07) is 2.42. The van der Waals surface area contributed by atoms with Gasteiger partial charge in [0.15, 0.2) is 5.78 Å². The first-order valence-corrected chi connectivity index (χ1v) is 7.89. The van der Waals surface area contributed by atoms with E-state index >= 15 is 0 Å². The number of ether oxygens (including phenoxy) is 1. The maximum Gasteiger partial charge on any atom is 0.340 e. The number of nitriles is 1. The number of nitrogens with one attached hydrogen (secondary N) is 1. The highest BCUT2D eigenvalue weighted by atomic mass is 16.6. The molecule has 0 saturated heterocycles. The summed E-state index contributed by atoms with van der Waals surface area (Å²) in [6.45, 7) is 4.36. The summed E-state index contributed by atoms with van der Waals surface area (Å²) in [4.78, 5) is 50.3. The maximum absolute atomic E-state index is 12.8. The van der Waals surface area contributed by atoms with Gasteiger partial charge in [-0.15, -0.1) is 0 Å². The van der Waals surface area contributed by atoms with Crippen molar-refractivity contribution >= 4 is 17.4 Å². The Morgan fingerprint density at radius 2 is 1.96 bits per heavy atom. The molecule has 27 heavy (non-hydrogen) atoms. The fourth-order valence-corrected chi connectivity index (χ4v) is 2.74. The van der Waals surface area contributed by atoms with E-state index in [-0.39, 0.29) is 17.7 Å². The third-order valence-electron chi connectivity index (χ3n) is 3.85. The van der Waals surface area contributed by atoms with Crippen LogP contribution in [-0.4, -0.2) is 32.8 Å². The molecule has 0 saturated carbocycles. The van der Waals surface area contributed by atoms with Crippen molar-refractivity contribution in [2.24, 2.45) is 0 Å². The number of pyridine rings is 1. The number of H-pyrrole nitrogens is 1. The lowest BCUT2D eigenvalue weighted by Gasteiger charge is -2.08. The lowest BCUT2D eigenvalue weighted by Crippen LogP contribution is -2.27. The lowest BCUT2D eigenvalue weighted by molar-refractivity contribution is -0.385. The number of hydrogen-bond donors (Lipinski definition) is 1. The standard InChI is InChI=1S/C17H16N4O6/c1-4-27-17(24)15-10(3)19-9(2)14(15)13(22)8-20-7-12(21(25)26)5-11(6-18)16(20)23/h5,7,19H,4,8H2,1-3H3. The molecule has 0 aromatic carbocycles. The molecule has 0 unspecified atom stereocenters. The molecule has 1 N–H and O–H groups in total. The van der Waals surface area contributed by atoms with Crippen molar-refractivity contribution in [3.8, 4) is 6.07 Å². The zero-order valence-electron chi connectivity index (χ0n) is 14.9. The van der Waals surface area contributed by atoms with Crippen LogP contribution in [0.1, 0.15) is 44.6 Å². The molecule has 0 spiro atoms. The van der Waals surface area contributed by atoms with Crippen LogP contribution in [0, 0.1) is 35.3 Å². The minimum absolute atomic E-state index is 0.0443. The molecule has 140 valence electrons. The number of esters is 1. The van der Waals surface area contributed by atoms with E-state index in [4.69, 9.17) is 10.00 Å². The summed E-state index contributed by atoms with van der Waals surface area (Å²) in [7, 11) is 0. The molecule has 0 atom stereocenters. The first-order valence-electron chi connectivity index (χ1n) is 7.89. The summed E-state index contributed by atoms with van der Waals surface area (Å²) < 4.78 is 5.75. The number of hydrogen-bond acceptors (Lipinski definition) is 7. The molecule has 2 rings (SSSR count). The number of rotatable bonds is 6. The number of carbonyl (C=O) groups excluding carboxylic acids is 2. The number of nitrogens with zero attached hydrogens (tertiary/aromatic N) is 3. The predicted octanol–water partition coefficient (Wildman–Crippen LogP) is 1.63. The quantitative estimate of drug-likeness (QED) is 0.350. The van der Waals surface area contributed by atoms with E-state index < -0.39 is 40.0 Å². The van der Waals surface area contributed by atoms with Crippen molar-refractivity contribution in [2.45, 2.75) is 27.3 Å². The number of aryl methyl sites for hydroxylation is 2. The van der Waals surface area contributed by atoms with Gasteiger partial charge in [0, 0.05) is 17.5 Å². The van der Waals surface area contributed by atoms with Crippen LogP contribution < -0.4 is 5.56 Å². The Bertz CT molecular complexity index is 1040. The Morgan fingerprint density at radius 3 is 2.52 bits per heavy atom. The van der Waals surface area contributed by atoms with Crippen LogP contribution >= 0.6 is 0 Å². The second-order valence-electron chi connectivity index (χ2n) is 5.68. The summed E-state index contributed by atoms with van der Waals surface area (Å²) in [6.07, 6.45) is 0.889. The third-order valence-corrected chi connectivity index (χ3v) is 3.85. The van der Waals surface area contributed by atoms with Gasteiger partial charge in [-0.3, -0.25) is 24.3 Å². The van der Waals surface area contributed by atoms with Crippen molar-refractivity contribution in [3.05, 3.63) is 60.8 Å². The van der Waals surface area contributed by atoms with E-state index in [1.807, 2.05) is 0 Å². The molecular weight excluding hydrogens is 356 g/mol. The van der Waals surface area contributed by atoms with Gasteiger partial charge in [0.1, 0.15) is 11.6 Å². The molecule has 0 radical (unpaired) electrons. The second kappa shape index (κ2) is 7.65. The van der Waals surface area contributed by atoms with E-state index in [2.05, 4.69) is 4.98 Å². The normalized spacial score (nSPS) is 10.3. The monoisotopic (exact) mass is 372 g/mol. The van der Waals surface area contributed by atoms with Gasteiger partial charge in [-0.1, -0.05) is 0 Å². The van der Waals surface area contributed by atoms with Gasteiger partial charge >= 0.3 is 5.97 Å². The molecule has 2 heterocycles. The van der Waals surface area contributed by atoms with E-state index in [0.717, 1.165) is 16.8 Å². The highest BCUT2D eigenvalue weighted by Crippen LogP contribution is 2.21. The molecule has 0 aliphatic rings. The predicted molar refractivity (Wildman–Crippen MR) is 92.6 cm³/mol. The van der Waals surface area contributed by atoms with E-state index in [1.54, 1.807) is 26.8 Å². The van der Waals surface area contributed by atoms with Crippen LogP contribution in [0.25, 0.3) is 0 Å². The van der Waals surface area contributed by atoms with Gasteiger partial charge in [0.2, 0.25) is 0 Å². The van der Waals surface area contributed by atoms with E-state index in [0.29, 0.717) is 11.4 Å². The molecule has 10 nitrogen and oxygen atoms in total. The topological polar surface area (TPSA) is 148 Å². The van der Waals surface area contributed by atoms with E-state index in [1.165, 1.54) is 0 Å². The molecule has 10 heteroatoms. The summed E-state index contributed by atoms with van der Waals surface area (Å²) in [5.41, 5.74) is -0.852.